The molecule has 3 heteroatoms. The first-order chi connectivity index (χ1) is 6.79. The van der Waals surface area contributed by atoms with Crippen LogP contribution in [0, 0.1) is 5.92 Å². The average molecular weight is 213 g/mol. The van der Waals surface area contributed by atoms with Gasteiger partial charge in [-0.3, -0.25) is 0 Å². The molecular formula is C11H13ClO2. The Morgan fingerprint density at radius 3 is 2.79 bits per heavy atom. The molecule has 2 nitrogen and oxygen atoms in total. The maximum atomic E-state index is 8.88. The second-order valence-corrected chi connectivity index (χ2v) is 4.08. The van der Waals surface area contributed by atoms with E-state index in [1.54, 1.807) is 6.07 Å². The van der Waals surface area contributed by atoms with Crippen LogP contribution in [0.25, 0.3) is 0 Å². The van der Waals surface area contributed by atoms with E-state index in [0.717, 1.165) is 23.8 Å². The molecule has 2 rings (SSSR count). The predicted molar refractivity (Wildman–Crippen MR) is 55.6 cm³/mol. The first-order valence-electron chi connectivity index (χ1n) is 4.81. The molecule has 14 heavy (non-hydrogen) atoms. The van der Waals surface area contributed by atoms with E-state index in [1.807, 2.05) is 12.1 Å². The molecule has 1 saturated carbocycles. The Morgan fingerprint density at radius 1 is 1.43 bits per heavy atom. The lowest BCUT2D eigenvalue weighted by Crippen LogP contribution is -1.99. The molecule has 76 valence electrons. The summed E-state index contributed by atoms with van der Waals surface area (Å²) in [5, 5.41) is 9.46. The first-order valence-corrected chi connectivity index (χ1v) is 5.19. The van der Waals surface area contributed by atoms with Crippen molar-refractivity contribution in [2.75, 3.05) is 6.61 Å². The van der Waals surface area contributed by atoms with Gasteiger partial charge in [-0.1, -0.05) is 17.7 Å². The van der Waals surface area contributed by atoms with Gasteiger partial charge in [-0.2, -0.15) is 0 Å². The number of aliphatic hydroxyl groups excluding tert-OH is 1. The number of hydrogen-bond donors (Lipinski definition) is 1. The Morgan fingerprint density at radius 2 is 2.21 bits per heavy atom. The van der Waals surface area contributed by atoms with Gasteiger partial charge in [-0.05, 0) is 36.5 Å². The van der Waals surface area contributed by atoms with Crippen LogP contribution in [0.5, 0.6) is 5.75 Å². The minimum Gasteiger partial charge on any atom is -0.492 e. The quantitative estimate of drug-likeness (QED) is 0.832. The molecule has 0 amide bonds. The van der Waals surface area contributed by atoms with Crippen LogP contribution < -0.4 is 4.74 Å². The monoisotopic (exact) mass is 212 g/mol. The zero-order valence-electron chi connectivity index (χ0n) is 7.87. The van der Waals surface area contributed by atoms with Crippen LogP contribution in [-0.2, 0) is 6.61 Å². The lowest BCUT2D eigenvalue weighted by molar-refractivity contribution is 0.280. The summed E-state index contributed by atoms with van der Waals surface area (Å²) in [4.78, 5) is 0. The first kappa shape index (κ1) is 9.81. The minimum atomic E-state index is 0.0165. The Labute approximate surface area is 88.5 Å². The number of ether oxygens (including phenoxy) is 1. The van der Waals surface area contributed by atoms with E-state index >= 15 is 0 Å². The van der Waals surface area contributed by atoms with Crippen LogP contribution in [0.2, 0.25) is 5.02 Å². The van der Waals surface area contributed by atoms with E-state index in [0.29, 0.717) is 5.02 Å². The van der Waals surface area contributed by atoms with E-state index in [2.05, 4.69) is 0 Å². The second kappa shape index (κ2) is 4.20. The van der Waals surface area contributed by atoms with Gasteiger partial charge in [0, 0.05) is 0 Å². The van der Waals surface area contributed by atoms with Gasteiger partial charge in [0.1, 0.15) is 5.75 Å². The molecule has 1 aliphatic carbocycles. The maximum Gasteiger partial charge on any atom is 0.137 e. The number of halogens is 1. The van der Waals surface area contributed by atoms with Crippen molar-refractivity contribution in [3.63, 3.8) is 0 Å². The Kier molecular flexibility index (Phi) is 2.94. The molecule has 0 unspecified atom stereocenters. The summed E-state index contributed by atoms with van der Waals surface area (Å²) < 4.78 is 5.55. The molecule has 1 fully saturated rings. The molecule has 1 aromatic carbocycles. The molecule has 0 saturated heterocycles. The van der Waals surface area contributed by atoms with E-state index in [4.69, 9.17) is 21.4 Å². The molecule has 0 atom stereocenters. The maximum absolute atomic E-state index is 8.88. The molecule has 0 aromatic heterocycles. The lowest BCUT2D eigenvalue weighted by atomic mass is 10.2. The fourth-order valence-corrected chi connectivity index (χ4v) is 1.51. The standard InChI is InChI=1S/C11H13ClO2/c12-10-5-9(6-13)3-4-11(10)14-7-8-1-2-8/h3-5,8,13H,1-2,6-7H2. The van der Waals surface area contributed by atoms with Crippen LogP contribution in [0.4, 0.5) is 0 Å². The van der Waals surface area contributed by atoms with Gasteiger partial charge in [0.25, 0.3) is 0 Å². The van der Waals surface area contributed by atoms with Gasteiger partial charge >= 0.3 is 0 Å². The normalized spacial score (nSPS) is 15.6. The summed E-state index contributed by atoms with van der Waals surface area (Å²) in [6.45, 7) is 0.779. The summed E-state index contributed by atoms with van der Waals surface area (Å²) in [5.41, 5.74) is 0.814. The highest BCUT2D eigenvalue weighted by atomic mass is 35.5. The average Bonchev–Trinajstić information content (AvgIpc) is 2.99. The molecule has 0 radical (unpaired) electrons. The van der Waals surface area contributed by atoms with E-state index in [-0.39, 0.29) is 6.61 Å². The molecule has 0 spiro atoms. The topological polar surface area (TPSA) is 29.5 Å². The lowest BCUT2D eigenvalue weighted by Gasteiger charge is -2.07. The molecule has 0 bridgehead atoms. The van der Waals surface area contributed by atoms with Gasteiger partial charge in [-0.25, -0.2) is 0 Å². The molecule has 1 aromatic rings. The zero-order chi connectivity index (χ0) is 9.97. The van der Waals surface area contributed by atoms with E-state index in [1.165, 1.54) is 12.8 Å². The number of rotatable bonds is 4. The van der Waals surface area contributed by atoms with Crippen LogP contribution in [0.3, 0.4) is 0 Å². The number of aliphatic hydroxyl groups is 1. The summed E-state index contributed by atoms with van der Waals surface area (Å²) >= 11 is 5.98. The smallest absolute Gasteiger partial charge is 0.137 e. The molecule has 0 heterocycles. The van der Waals surface area contributed by atoms with Crippen molar-refractivity contribution in [1.29, 1.82) is 0 Å². The zero-order valence-corrected chi connectivity index (χ0v) is 8.63. The van der Waals surface area contributed by atoms with Crippen LogP contribution in [0.15, 0.2) is 18.2 Å². The number of hydrogen-bond acceptors (Lipinski definition) is 2. The summed E-state index contributed by atoms with van der Waals surface area (Å²) in [5.74, 6) is 1.44. The predicted octanol–water partition coefficient (Wildman–Crippen LogP) is 2.62. The SMILES string of the molecule is OCc1ccc(OCC2CC2)c(Cl)c1. The van der Waals surface area contributed by atoms with E-state index in [9.17, 15) is 0 Å². The Hall–Kier alpha value is -0.730. The largest absolute Gasteiger partial charge is 0.492 e. The van der Waals surface area contributed by atoms with Gasteiger partial charge in [0.15, 0.2) is 0 Å². The third kappa shape index (κ3) is 2.40. The summed E-state index contributed by atoms with van der Waals surface area (Å²) in [7, 11) is 0. The van der Waals surface area contributed by atoms with Gasteiger partial charge in [0.2, 0.25) is 0 Å². The summed E-state index contributed by atoms with van der Waals surface area (Å²) in [6.07, 6.45) is 2.54. The third-order valence-electron chi connectivity index (χ3n) is 2.35. The van der Waals surface area contributed by atoms with Gasteiger partial charge < -0.3 is 9.84 Å². The highest BCUT2D eigenvalue weighted by molar-refractivity contribution is 6.32. The van der Waals surface area contributed by atoms with Crippen LogP contribution in [-0.4, -0.2) is 11.7 Å². The van der Waals surface area contributed by atoms with Crippen LogP contribution >= 0.6 is 11.6 Å². The van der Waals surface area contributed by atoms with E-state index < -0.39 is 0 Å². The molecule has 1 N–H and O–H groups in total. The third-order valence-corrected chi connectivity index (χ3v) is 2.65. The molecular weight excluding hydrogens is 200 g/mol. The van der Waals surface area contributed by atoms with Crippen molar-refractivity contribution in [3.05, 3.63) is 28.8 Å². The van der Waals surface area contributed by atoms with Crippen LogP contribution in [0.1, 0.15) is 18.4 Å². The highest BCUT2D eigenvalue weighted by Gasteiger charge is 2.22. The van der Waals surface area contributed by atoms with Crippen molar-refractivity contribution in [3.8, 4) is 5.75 Å². The molecule has 1 aliphatic rings. The Balaban J connectivity index is 2.01. The van der Waals surface area contributed by atoms with Gasteiger partial charge in [-0.15, -0.1) is 0 Å². The highest BCUT2D eigenvalue weighted by Crippen LogP contribution is 2.31. The fourth-order valence-electron chi connectivity index (χ4n) is 1.25. The van der Waals surface area contributed by atoms with Crippen molar-refractivity contribution >= 4 is 11.6 Å². The second-order valence-electron chi connectivity index (χ2n) is 3.68. The van der Waals surface area contributed by atoms with Gasteiger partial charge in [0.05, 0.1) is 18.2 Å². The molecule has 0 aliphatic heterocycles. The van der Waals surface area contributed by atoms with Crippen molar-refractivity contribution < 1.29 is 9.84 Å². The minimum absolute atomic E-state index is 0.0165. The van der Waals surface area contributed by atoms with Crippen molar-refractivity contribution in [2.45, 2.75) is 19.4 Å². The number of benzene rings is 1. The van der Waals surface area contributed by atoms with Crippen molar-refractivity contribution in [2.24, 2.45) is 5.92 Å². The van der Waals surface area contributed by atoms with Crippen molar-refractivity contribution in [1.82, 2.24) is 0 Å². The fraction of sp³-hybridized carbons (Fsp3) is 0.455. The Bertz CT molecular complexity index is 321. The summed E-state index contributed by atoms with van der Waals surface area (Å²) in [6, 6.07) is 5.38.